The second-order valence-corrected chi connectivity index (χ2v) is 8.06. The Morgan fingerprint density at radius 3 is 2.76 bits per heavy atom. The largest absolute Gasteiger partial charge is 0.355 e. The topological polar surface area (TPSA) is 119 Å². The van der Waals surface area contributed by atoms with Gasteiger partial charge < -0.3 is 9.84 Å². The van der Waals surface area contributed by atoms with Gasteiger partial charge >= 0.3 is 0 Å². The molecule has 10 heteroatoms. The van der Waals surface area contributed by atoms with E-state index < -0.39 is 5.91 Å². The van der Waals surface area contributed by atoms with Crippen molar-refractivity contribution in [1.29, 1.82) is 0 Å². The first-order valence-corrected chi connectivity index (χ1v) is 11.1. The summed E-state index contributed by atoms with van der Waals surface area (Å²) in [6, 6.07) is 17.9. The maximum Gasteiger partial charge on any atom is 0.279 e. The highest BCUT2D eigenvalue weighted by atomic mass is 32.1. The van der Waals surface area contributed by atoms with E-state index in [4.69, 9.17) is 4.52 Å². The molecule has 0 aliphatic rings. The van der Waals surface area contributed by atoms with Gasteiger partial charge in [0, 0.05) is 29.5 Å². The summed E-state index contributed by atoms with van der Waals surface area (Å²) in [6.07, 6.45) is 0.582. The zero-order valence-corrected chi connectivity index (χ0v) is 18.3. The number of anilines is 1. The Bertz CT molecular complexity index is 1470. The number of hydrogen-bond acceptors (Lipinski definition) is 7. The maximum atomic E-state index is 13.0. The molecule has 0 atom stereocenters. The minimum Gasteiger partial charge on any atom is -0.355 e. The normalized spacial score (nSPS) is 10.9. The summed E-state index contributed by atoms with van der Waals surface area (Å²) >= 11 is 1.51. The molecule has 0 saturated heterocycles. The molecule has 1 amide bonds. The van der Waals surface area contributed by atoms with Crippen LogP contribution in [-0.2, 0) is 6.42 Å². The number of thiophene rings is 1. The smallest absolute Gasteiger partial charge is 0.279 e. The van der Waals surface area contributed by atoms with Gasteiger partial charge in [-0.1, -0.05) is 48.5 Å². The monoisotopic (exact) mass is 458 g/mol. The van der Waals surface area contributed by atoms with Crippen LogP contribution >= 0.6 is 11.3 Å². The van der Waals surface area contributed by atoms with E-state index in [1.54, 1.807) is 12.1 Å². The number of aromatic amines is 1. The summed E-state index contributed by atoms with van der Waals surface area (Å²) < 4.78 is 6.75. The average Bonchev–Trinajstić information content (AvgIpc) is 3.60. The lowest BCUT2D eigenvalue weighted by molar-refractivity contribution is 0.101. The van der Waals surface area contributed by atoms with Gasteiger partial charge in [-0.25, -0.2) is 4.98 Å². The lowest BCUT2D eigenvalue weighted by Crippen LogP contribution is -2.19. The predicted octanol–water partition coefficient (Wildman–Crippen LogP) is 4.15. The first-order valence-electron chi connectivity index (χ1n) is 10.2. The van der Waals surface area contributed by atoms with E-state index in [1.807, 2.05) is 54.8 Å². The molecule has 5 aromatic rings. The Morgan fingerprint density at radius 2 is 2.00 bits per heavy atom. The minimum atomic E-state index is -0.478. The van der Waals surface area contributed by atoms with E-state index in [1.165, 1.54) is 22.1 Å². The molecule has 0 aliphatic carbocycles. The molecule has 0 saturated carbocycles. The zero-order valence-electron chi connectivity index (χ0n) is 17.5. The van der Waals surface area contributed by atoms with E-state index >= 15 is 0 Å². The van der Waals surface area contributed by atoms with E-state index in [0.29, 0.717) is 29.4 Å². The van der Waals surface area contributed by atoms with Crippen LogP contribution < -0.4 is 10.9 Å². The summed E-state index contributed by atoms with van der Waals surface area (Å²) in [5.74, 6) is 0.552. The molecule has 9 nitrogen and oxygen atoms in total. The Balaban J connectivity index is 1.51. The molecule has 4 aromatic heterocycles. The van der Waals surface area contributed by atoms with Crippen LogP contribution in [0.3, 0.4) is 0 Å². The van der Waals surface area contributed by atoms with Crippen LogP contribution in [0.25, 0.3) is 27.8 Å². The van der Waals surface area contributed by atoms with Gasteiger partial charge in [0.1, 0.15) is 11.5 Å². The van der Waals surface area contributed by atoms with Crippen molar-refractivity contribution in [3.63, 3.8) is 0 Å². The summed E-state index contributed by atoms with van der Waals surface area (Å²) in [5, 5.41) is 13.2. The van der Waals surface area contributed by atoms with Gasteiger partial charge in [-0.2, -0.15) is 9.78 Å². The van der Waals surface area contributed by atoms with E-state index in [0.717, 1.165) is 10.4 Å². The number of aryl methyl sites for hydroxylation is 1. The molecule has 0 bridgehead atoms. The van der Waals surface area contributed by atoms with Gasteiger partial charge in [0.2, 0.25) is 5.95 Å². The minimum absolute atomic E-state index is 0.114. The number of aromatic nitrogens is 5. The van der Waals surface area contributed by atoms with Crippen molar-refractivity contribution in [3.05, 3.63) is 87.8 Å². The van der Waals surface area contributed by atoms with Gasteiger partial charge in [-0.15, -0.1) is 11.3 Å². The number of carbonyl (C=O) groups is 1. The van der Waals surface area contributed by atoms with Crippen LogP contribution in [0.15, 0.2) is 75.4 Å². The van der Waals surface area contributed by atoms with Crippen LogP contribution in [0.4, 0.5) is 5.82 Å². The molecule has 164 valence electrons. The van der Waals surface area contributed by atoms with Gasteiger partial charge in [-0.05, 0) is 17.9 Å². The number of H-pyrrole nitrogens is 1. The van der Waals surface area contributed by atoms with Crippen LogP contribution in [0.5, 0.6) is 0 Å². The molecule has 0 radical (unpaired) electrons. The zero-order chi connectivity index (χ0) is 22.8. The Kier molecular flexibility index (Phi) is 5.41. The number of amides is 1. The molecule has 0 spiro atoms. The van der Waals surface area contributed by atoms with Crippen LogP contribution in [-0.4, -0.2) is 30.8 Å². The molecule has 4 heterocycles. The van der Waals surface area contributed by atoms with Crippen LogP contribution in [0.1, 0.15) is 23.1 Å². The third-order valence-electron chi connectivity index (χ3n) is 4.87. The number of rotatable bonds is 6. The highest BCUT2D eigenvalue weighted by molar-refractivity contribution is 7.13. The van der Waals surface area contributed by atoms with Crippen molar-refractivity contribution in [2.75, 3.05) is 5.32 Å². The number of nitrogens with one attached hydrogen (secondary N) is 2. The standard InChI is InChI=1S/C23H18N6O3S/c1-2-15-11-21(30)26-23(24-15)29-20(13-16(27-29)19-9-6-10-33-19)25-22(31)17-12-18(32-28-17)14-7-4-3-5-8-14/h3-13H,2H2,1H3,(H,25,31)(H,24,26,30). The van der Waals surface area contributed by atoms with Gasteiger partial charge in [0.25, 0.3) is 11.5 Å². The molecular formula is C23H18N6O3S. The van der Waals surface area contributed by atoms with E-state index in [2.05, 4.69) is 25.5 Å². The molecule has 0 fully saturated rings. The summed E-state index contributed by atoms with van der Waals surface area (Å²) in [6.45, 7) is 1.91. The van der Waals surface area contributed by atoms with Gasteiger partial charge in [0.05, 0.1) is 4.88 Å². The van der Waals surface area contributed by atoms with Crippen molar-refractivity contribution in [1.82, 2.24) is 24.9 Å². The fraction of sp³-hybridized carbons (Fsp3) is 0.0870. The maximum absolute atomic E-state index is 13.0. The summed E-state index contributed by atoms with van der Waals surface area (Å²) in [7, 11) is 0. The lowest BCUT2D eigenvalue weighted by atomic mass is 10.1. The first-order chi connectivity index (χ1) is 16.1. The Hall–Kier alpha value is -4.31. The molecule has 5 rings (SSSR count). The Labute approximate surface area is 191 Å². The molecular weight excluding hydrogens is 440 g/mol. The van der Waals surface area contributed by atoms with Crippen LogP contribution in [0.2, 0.25) is 0 Å². The molecule has 33 heavy (non-hydrogen) atoms. The third kappa shape index (κ3) is 4.23. The van der Waals surface area contributed by atoms with Crippen molar-refractivity contribution >= 4 is 23.1 Å². The number of benzene rings is 1. The predicted molar refractivity (Wildman–Crippen MR) is 125 cm³/mol. The van der Waals surface area contributed by atoms with Crippen molar-refractivity contribution in [2.24, 2.45) is 0 Å². The number of carbonyl (C=O) groups excluding carboxylic acids is 1. The van der Waals surface area contributed by atoms with Crippen LogP contribution in [0, 0.1) is 0 Å². The van der Waals surface area contributed by atoms with Gasteiger partial charge in [0.15, 0.2) is 11.5 Å². The van der Waals surface area contributed by atoms with Crippen molar-refractivity contribution in [3.8, 4) is 27.8 Å². The Morgan fingerprint density at radius 1 is 1.15 bits per heavy atom. The van der Waals surface area contributed by atoms with E-state index in [-0.39, 0.29) is 17.2 Å². The molecule has 2 N–H and O–H groups in total. The molecule has 0 aliphatic heterocycles. The second kappa shape index (κ2) is 8.67. The fourth-order valence-corrected chi connectivity index (χ4v) is 3.93. The highest BCUT2D eigenvalue weighted by Gasteiger charge is 2.19. The quantitative estimate of drug-likeness (QED) is 0.394. The second-order valence-electron chi connectivity index (χ2n) is 7.11. The first kappa shape index (κ1) is 20.6. The molecule has 0 unspecified atom stereocenters. The molecule has 1 aromatic carbocycles. The summed E-state index contributed by atoms with van der Waals surface area (Å²) in [4.78, 5) is 33.2. The SMILES string of the molecule is CCc1cc(=O)[nH]c(-n2nc(-c3cccs3)cc2NC(=O)c2cc(-c3ccccc3)on2)n1. The average molecular weight is 459 g/mol. The summed E-state index contributed by atoms with van der Waals surface area (Å²) in [5.41, 5.74) is 1.87. The lowest BCUT2D eigenvalue weighted by Gasteiger charge is -2.07. The number of hydrogen-bond donors (Lipinski definition) is 2. The van der Waals surface area contributed by atoms with E-state index in [9.17, 15) is 9.59 Å². The third-order valence-corrected chi connectivity index (χ3v) is 5.76. The van der Waals surface area contributed by atoms with Crippen molar-refractivity contribution in [2.45, 2.75) is 13.3 Å². The van der Waals surface area contributed by atoms with Crippen molar-refractivity contribution < 1.29 is 9.32 Å². The number of nitrogens with zero attached hydrogens (tertiary/aromatic N) is 4. The highest BCUT2D eigenvalue weighted by Crippen LogP contribution is 2.28. The van der Waals surface area contributed by atoms with Gasteiger partial charge in [-0.3, -0.25) is 14.6 Å². The fourth-order valence-electron chi connectivity index (χ4n) is 3.25.